The van der Waals surface area contributed by atoms with Crippen LogP contribution in [0.3, 0.4) is 0 Å². The third-order valence-electron chi connectivity index (χ3n) is 4.98. The van der Waals surface area contributed by atoms with Crippen LogP contribution in [0.5, 0.6) is 23.0 Å². The number of rotatable bonds is 2. The Bertz CT molecular complexity index is 783. The van der Waals surface area contributed by atoms with Crippen LogP contribution in [-0.4, -0.2) is 24.8 Å². The summed E-state index contributed by atoms with van der Waals surface area (Å²) in [5, 5.41) is 10.8. The van der Waals surface area contributed by atoms with Crippen LogP contribution in [0.25, 0.3) is 0 Å². The number of ether oxygens (including phenoxy) is 4. The highest BCUT2D eigenvalue weighted by Gasteiger charge is 2.45. The van der Waals surface area contributed by atoms with Gasteiger partial charge in [0.1, 0.15) is 11.5 Å². The Hall–Kier alpha value is -2.40. The fraction of sp³-hybridized carbons (Fsp3) is 0.368. The Morgan fingerprint density at radius 2 is 1.79 bits per heavy atom. The zero-order chi connectivity index (χ0) is 16.9. The van der Waals surface area contributed by atoms with Gasteiger partial charge in [0.2, 0.25) is 12.6 Å². The Kier molecular flexibility index (Phi) is 3.35. The van der Waals surface area contributed by atoms with Crippen molar-refractivity contribution in [2.24, 2.45) is 5.92 Å². The lowest BCUT2D eigenvalue weighted by molar-refractivity contribution is -0.171. The maximum Gasteiger partial charge on any atom is 0.231 e. The average Bonchev–Trinajstić information content (AvgIpc) is 3.01. The third kappa shape index (κ3) is 2.19. The largest absolute Gasteiger partial charge is 0.496 e. The lowest BCUT2D eigenvalue weighted by Crippen LogP contribution is -2.45. The average molecular weight is 328 g/mol. The highest BCUT2D eigenvalue weighted by atomic mass is 16.7. The van der Waals surface area contributed by atoms with Crippen molar-refractivity contribution in [2.75, 3.05) is 13.9 Å². The molecule has 1 N–H and O–H groups in total. The van der Waals surface area contributed by atoms with Crippen LogP contribution >= 0.6 is 0 Å². The van der Waals surface area contributed by atoms with Crippen molar-refractivity contribution in [1.29, 1.82) is 0 Å². The van der Waals surface area contributed by atoms with E-state index in [2.05, 4.69) is 0 Å². The molecule has 2 heterocycles. The molecule has 24 heavy (non-hydrogen) atoms. The fourth-order valence-corrected chi connectivity index (χ4v) is 3.52. The first-order valence-electron chi connectivity index (χ1n) is 7.99. The Labute approximate surface area is 140 Å². The van der Waals surface area contributed by atoms with Crippen LogP contribution in [0.4, 0.5) is 0 Å². The van der Waals surface area contributed by atoms with E-state index in [0.717, 1.165) is 16.9 Å². The summed E-state index contributed by atoms with van der Waals surface area (Å²) in [7, 11) is 1.65. The number of benzene rings is 2. The second-order valence-electron chi connectivity index (χ2n) is 6.41. The molecule has 5 nitrogen and oxygen atoms in total. The molecule has 0 aromatic heterocycles. The summed E-state index contributed by atoms with van der Waals surface area (Å²) in [4.78, 5) is 0. The molecule has 3 atom stereocenters. The maximum atomic E-state index is 10.8. The van der Waals surface area contributed by atoms with E-state index in [4.69, 9.17) is 18.9 Å². The van der Waals surface area contributed by atoms with Gasteiger partial charge in [0, 0.05) is 36.0 Å². The summed E-state index contributed by atoms with van der Waals surface area (Å²) in [6.45, 7) is 3.86. The first-order valence-corrected chi connectivity index (χ1v) is 7.99. The van der Waals surface area contributed by atoms with Crippen LogP contribution in [0.15, 0.2) is 36.4 Å². The van der Waals surface area contributed by atoms with Crippen LogP contribution < -0.4 is 18.9 Å². The highest BCUT2D eigenvalue weighted by molar-refractivity contribution is 5.57. The van der Waals surface area contributed by atoms with E-state index >= 15 is 0 Å². The minimum Gasteiger partial charge on any atom is -0.496 e. The molecule has 2 aliphatic rings. The van der Waals surface area contributed by atoms with E-state index < -0.39 is 5.79 Å². The summed E-state index contributed by atoms with van der Waals surface area (Å²) >= 11 is 0. The van der Waals surface area contributed by atoms with Gasteiger partial charge in [-0.05, 0) is 12.1 Å². The smallest absolute Gasteiger partial charge is 0.231 e. The number of methoxy groups -OCH3 is 1. The normalized spacial score (nSPS) is 27.3. The van der Waals surface area contributed by atoms with Crippen molar-refractivity contribution in [3.8, 4) is 23.0 Å². The lowest BCUT2D eigenvalue weighted by Gasteiger charge is -2.42. The zero-order valence-electron chi connectivity index (χ0n) is 13.9. The van der Waals surface area contributed by atoms with Crippen molar-refractivity contribution in [2.45, 2.75) is 25.6 Å². The highest BCUT2D eigenvalue weighted by Crippen LogP contribution is 2.52. The Balaban J connectivity index is 1.93. The van der Waals surface area contributed by atoms with E-state index in [1.54, 1.807) is 20.1 Å². The van der Waals surface area contributed by atoms with E-state index in [0.29, 0.717) is 17.2 Å². The molecule has 0 radical (unpaired) electrons. The molecule has 0 aliphatic carbocycles. The number of hydrogen-bond donors (Lipinski definition) is 1. The van der Waals surface area contributed by atoms with Crippen molar-refractivity contribution in [3.05, 3.63) is 47.5 Å². The molecule has 5 heteroatoms. The van der Waals surface area contributed by atoms with Gasteiger partial charge in [-0.25, -0.2) is 0 Å². The van der Waals surface area contributed by atoms with Crippen molar-refractivity contribution in [1.82, 2.24) is 0 Å². The Morgan fingerprint density at radius 1 is 1.08 bits per heavy atom. The molecular formula is C19H20O5. The van der Waals surface area contributed by atoms with E-state index in [1.807, 2.05) is 37.3 Å². The third-order valence-corrected chi connectivity index (χ3v) is 4.98. The molecule has 2 aromatic rings. The van der Waals surface area contributed by atoms with Crippen LogP contribution in [0.2, 0.25) is 0 Å². The minimum absolute atomic E-state index is 0.0885. The molecule has 2 aliphatic heterocycles. The number of hydrogen-bond acceptors (Lipinski definition) is 5. The maximum absolute atomic E-state index is 10.8. The molecular weight excluding hydrogens is 308 g/mol. The van der Waals surface area contributed by atoms with Gasteiger partial charge in [-0.2, -0.15) is 0 Å². The lowest BCUT2D eigenvalue weighted by atomic mass is 9.75. The Morgan fingerprint density at radius 3 is 2.54 bits per heavy atom. The summed E-state index contributed by atoms with van der Waals surface area (Å²) < 4.78 is 22.4. The molecule has 0 saturated carbocycles. The van der Waals surface area contributed by atoms with Gasteiger partial charge in [-0.15, -0.1) is 0 Å². The fourth-order valence-electron chi connectivity index (χ4n) is 3.52. The van der Waals surface area contributed by atoms with Crippen LogP contribution in [-0.2, 0) is 0 Å². The zero-order valence-corrected chi connectivity index (χ0v) is 13.9. The van der Waals surface area contributed by atoms with Gasteiger partial charge in [-0.1, -0.05) is 25.1 Å². The second-order valence-corrected chi connectivity index (χ2v) is 6.41. The van der Waals surface area contributed by atoms with Crippen molar-refractivity contribution < 1.29 is 24.1 Å². The number of fused-ring (bicyclic) bond motifs is 2. The standard InChI is InChI=1S/C19H20O5/c1-11-18(12-6-4-5-7-14(12)21-3)13-8-16-17(23-10-22-16)9-15(13)24-19(11,2)20/h4-9,11,18,20H,10H2,1-3H3. The summed E-state index contributed by atoms with van der Waals surface area (Å²) in [6.07, 6.45) is 0. The van der Waals surface area contributed by atoms with Gasteiger partial charge >= 0.3 is 0 Å². The molecule has 0 bridgehead atoms. The minimum atomic E-state index is -1.30. The van der Waals surface area contributed by atoms with Gasteiger partial charge in [0.05, 0.1) is 7.11 Å². The van der Waals surface area contributed by atoms with Gasteiger partial charge in [-0.3, -0.25) is 0 Å². The first kappa shape index (κ1) is 15.1. The molecule has 4 rings (SSSR count). The summed E-state index contributed by atoms with van der Waals surface area (Å²) in [5.74, 6) is 1.17. The van der Waals surface area contributed by atoms with E-state index in [9.17, 15) is 5.11 Å². The van der Waals surface area contributed by atoms with E-state index in [-0.39, 0.29) is 18.6 Å². The van der Waals surface area contributed by atoms with Crippen molar-refractivity contribution in [3.63, 3.8) is 0 Å². The van der Waals surface area contributed by atoms with E-state index in [1.165, 1.54) is 0 Å². The molecule has 0 saturated heterocycles. The first-order chi connectivity index (χ1) is 11.5. The van der Waals surface area contributed by atoms with Crippen LogP contribution in [0.1, 0.15) is 30.9 Å². The molecule has 3 unspecified atom stereocenters. The van der Waals surface area contributed by atoms with Crippen molar-refractivity contribution >= 4 is 0 Å². The monoisotopic (exact) mass is 328 g/mol. The molecule has 0 fully saturated rings. The predicted molar refractivity (Wildman–Crippen MR) is 87.8 cm³/mol. The quantitative estimate of drug-likeness (QED) is 0.917. The van der Waals surface area contributed by atoms with Gasteiger partial charge in [0.15, 0.2) is 11.5 Å². The SMILES string of the molecule is COc1ccccc1C1c2cc3c(cc2OC(C)(O)C1C)OCO3. The topological polar surface area (TPSA) is 57.2 Å². The van der Waals surface area contributed by atoms with Gasteiger partial charge < -0.3 is 24.1 Å². The molecule has 0 amide bonds. The molecule has 0 spiro atoms. The summed E-state index contributed by atoms with van der Waals surface area (Å²) in [5.41, 5.74) is 1.97. The molecule has 2 aromatic carbocycles. The molecule has 126 valence electrons. The van der Waals surface area contributed by atoms with Crippen LogP contribution in [0, 0.1) is 5.92 Å². The predicted octanol–water partition coefficient (Wildman–Crippen LogP) is 3.29. The summed E-state index contributed by atoms with van der Waals surface area (Å²) in [6, 6.07) is 11.6. The number of para-hydroxylation sites is 1. The van der Waals surface area contributed by atoms with Gasteiger partial charge in [0.25, 0.3) is 0 Å². The second kappa shape index (κ2) is 5.31. The number of aliphatic hydroxyl groups is 1.